The van der Waals surface area contributed by atoms with Crippen molar-refractivity contribution in [2.45, 2.75) is 45.3 Å². The van der Waals surface area contributed by atoms with Gasteiger partial charge in [0.1, 0.15) is 12.7 Å². The summed E-state index contributed by atoms with van der Waals surface area (Å²) < 4.78 is 9.79. The number of aliphatic hydroxyl groups is 1. The lowest BCUT2D eigenvalue weighted by Crippen LogP contribution is -2.24. The van der Waals surface area contributed by atoms with Gasteiger partial charge >= 0.3 is 11.9 Å². The van der Waals surface area contributed by atoms with Crippen LogP contribution in [0.3, 0.4) is 0 Å². The fourth-order valence-electron chi connectivity index (χ4n) is 1.08. The van der Waals surface area contributed by atoms with E-state index >= 15 is 0 Å². The topological polar surface area (TPSA) is 98.9 Å². The summed E-state index contributed by atoms with van der Waals surface area (Å²) in [5.41, 5.74) is 5.24. The van der Waals surface area contributed by atoms with Crippen LogP contribution in [0, 0.1) is 0 Å². The number of carbonyl (C=O) groups is 2. The lowest BCUT2D eigenvalue weighted by molar-refractivity contribution is -0.159. The first-order valence-electron chi connectivity index (χ1n) is 5.69. The molecule has 0 aromatic heterocycles. The number of aliphatic hydroxyl groups excluding tert-OH is 1. The maximum atomic E-state index is 11.1. The van der Waals surface area contributed by atoms with Gasteiger partial charge in [0.05, 0.1) is 12.5 Å². The molecule has 3 N–H and O–H groups in total. The molecular weight excluding hydrogens is 226 g/mol. The fraction of sp³-hybridized carbons (Fsp3) is 0.818. The molecule has 0 aromatic rings. The van der Waals surface area contributed by atoms with Crippen LogP contribution in [0.5, 0.6) is 0 Å². The van der Waals surface area contributed by atoms with Crippen LogP contribution >= 0.6 is 0 Å². The quantitative estimate of drug-likeness (QED) is 0.584. The van der Waals surface area contributed by atoms with E-state index in [-0.39, 0.29) is 25.4 Å². The van der Waals surface area contributed by atoms with E-state index in [9.17, 15) is 9.59 Å². The van der Waals surface area contributed by atoms with Crippen molar-refractivity contribution < 1.29 is 24.2 Å². The van der Waals surface area contributed by atoms with Crippen LogP contribution in [0.4, 0.5) is 0 Å². The Labute approximate surface area is 101 Å². The Kier molecular flexibility index (Phi) is 8.35. The number of rotatable bonds is 8. The smallest absolute Gasteiger partial charge is 0.308 e. The molecule has 0 fully saturated rings. The van der Waals surface area contributed by atoms with Crippen molar-refractivity contribution in [3.8, 4) is 0 Å². The Morgan fingerprint density at radius 1 is 1.29 bits per heavy atom. The maximum Gasteiger partial charge on any atom is 0.308 e. The molecule has 0 heterocycles. The number of ether oxygens (including phenoxy) is 2. The molecule has 0 bridgehead atoms. The first kappa shape index (κ1) is 15.9. The third-order valence-electron chi connectivity index (χ3n) is 1.86. The van der Waals surface area contributed by atoms with Crippen LogP contribution in [-0.4, -0.2) is 42.4 Å². The van der Waals surface area contributed by atoms with E-state index < -0.39 is 18.2 Å². The molecule has 0 aliphatic rings. The van der Waals surface area contributed by atoms with Crippen LogP contribution in [0.15, 0.2) is 0 Å². The summed E-state index contributed by atoms with van der Waals surface area (Å²) in [5.74, 6) is -0.862. The molecule has 6 nitrogen and oxygen atoms in total. The molecule has 0 aromatic carbocycles. The molecule has 2 atom stereocenters. The number of hydrogen-bond acceptors (Lipinski definition) is 6. The first-order valence-corrected chi connectivity index (χ1v) is 5.69. The van der Waals surface area contributed by atoms with Gasteiger partial charge < -0.3 is 20.3 Å². The summed E-state index contributed by atoms with van der Waals surface area (Å²) >= 11 is 0. The van der Waals surface area contributed by atoms with Gasteiger partial charge in [0, 0.05) is 6.42 Å². The molecule has 6 heteroatoms. The van der Waals surface area contributed by atoms with E-state index in [2.05, 4.69) is 0 Å². The van der Waals surface area contributed by atoms with E-state index in [1.807, 2.05) is 0 Å². The van der Waals surface area contributed by atoms with Crippen molar-refractivity contribution in [2.24, 2.45) is 5.73 Å². The Bertz CT molecular complexity index is 242. The van der Waals surface area contributed by atoms with Crippen molar-refractivity contribution in [1.82, 2.24) is 0 Å². The molecule has 2 unspecified atom stereocenters. The van der Waals surface area contributed by atoms with Crippen LogP contribution in [-0.2, 0) is 19.1 Å². The van der Waals surface area contributed by atoms with Crippen LogP contribution in [0.2, 0.25) is 0 Å². The summed E-state index contributed by atoms with van der Waals surface area (Å²) in [6, 6.07) is 0. The highest BCUT2D eigenvalue weighted by Crippen LogP contribution is 2.00. The minimum absolute atomic E-state index is 0.0228. The molecule has 0 saturated carbocycles. The average Bonchev–Trinajstić information content (AvgIpc) is 2.22. The van der Waals surface area contributed by atoms with Crippen molar-refractivity contribution in [3.05, 3.63) is 0 Å². The molecule has 0 rings (SSSR count). The van der Waals surface area contributed by atoms with Gasteiger partial charge in [0.2, 0.25) is 0 Å². The van der Waals surface area contributed by atoms with E-state index in [1.165, 1.54) is 6.92 Å². The number of nitrogens with two attached hydrogens (primary N) is 1. The normalized spacial score (nSPS) is 13.9. The first-order chi connectivity index (χ1) is 7.95. The Morgan fingerprint density at radius 3 is 2.47 bits per heavy atom. The van der Waals surface area contributed by atoms with Gasteiger partial charge in [-0.2, -0.15) is 0 Å². The highest BCUT2D eigenvalue weighted by molar-refractivity contribution is 5.70. The zero-order valence-corrected chi connectivity index (χ0v) is 10.3. The SMILES string of the molecule is CC(O)CC(=O)OC(C)COC(=O)CCCN. The van der Waals surface area contributed by atoms with Crippen molar-refractivity contribution >= 4 is 11.9 Å². The molecular formula is C11H21NO5. The van der Waals surface area contributed by atoms with Crippen molar-refractivity contribution in [2.75, 3.05) is 13.2 Å². The molecule has 0 amide bonds. The van der Waals surface area contributed by atoms with Crippen LogP contribution < -0.4 is 5.73 Å². The second-order valence-corrected chi connectivity index (χ2v) is 3.93. The maximum absolute atomic E-state index is 11.1. The standard InChI is InChI=1S/C11H21NO5/c1-8(13)6-11(15)17-9(2)7-16-10(14)4-3-5-12/h8-9,13H,3-7,12H2,1-2H3. The van der Waals surface area contributed by atoms with Crippen molar-refractivity contribution in [3.63, 3.8) is 0 Å². The summed E-state index contributed by atoms with van der Waals surface area (Å²) in [6.07, 6.45) is -0.462. The van der Waals surface area contributed by atoms with Gasteiger partial charge in [-0.15, -0.1) is 0 Å². The van der Waals surface area contributed by atoms with E-state index in [4.69, 9.17) is 20.3 Å². The fourth-order valence-corrected chi connectivity index (χ4v) is 1.08. The minimum atomic E-state index is -0.734. The van der Waals surface area contributed by atoms with Crippen molar-refractivity contribution in [1.29, 1.82) is 0 Å². The zero-order chi connectivity index (χ0) is 13.3. The minimum Gasteiger partial charge on any atom is -0.462 e. The number of hydrogen-bond donors (Lipinski definition) is 2. The highest BCUT2D eigenvalue weighted by atomic mass is 16.6. The Morgan fingerprint density at radius 2 is 1.94 bits per heavy atom. The second kappa shape index (κ2) is 8.95. The Hall–Kier alpha value is -1.14. The van der Waals surface area contributed by atoms with Crippen LogP contribution in [0.1, 0.15) is 33.1 Å². The zero-order valence-electron chi connectivity index (χ0n) is 10.3. The number of carbonyl (C=O) groups excluding carboxylic acids is 2. The van der Waals surface area contributed by atoms with E-state index in [1.54, 1.807) is 6.92 Å². The molecule has 17 heavy (non-hydrogen) atoms. The van der Waals surface area contributed by atoms with Gasteiger partial charge in [-0.3, -0.25) is 9.59 Å². The van der Waals surface area contributed by atoms with Gasteiger partial charge in [0.15, 0.2) is 0 Å². The third-order valence-corrected chi connectivity index (χ3v) is 1.86. The lowest BCUT2D eigenvalue weighted by Gasteiger charge is -2.14. The van der Waals surface area contributed by atoms with Crippen LogP contribution in [0.25, 0.3) is 0 Å². The summed E-state index contributed by atoms with van der Waals surface area (Å²) in [6.45, 7) is 3.58. The summed E-state index contributed by atoms with van der Waals surface area (Å²) in [7, 11) is 0. The molecule has 0 radical (unpaired) electrons. The van der Waals surface area contributed by atoms with Gasteiger partial charge in [-0.05, 0) is 26.8 Å². The third kappa shape index (κ3) is 9.77. The molecule has 0 saturated heterocycles. The predicted octanol–water partition coefficient (Wildman–Crippen LogP) is -0.0289. The molecule has 0 aliphatic heterocycles. The lowest BCUT2D eigenvalue weighted by atomic mass is 10.3. The highest BCUT2D eigenvalue weighted by Gasteiger charge is 2.13. The largest absolute Gasteiger partial charge is 0.462 e. The molecule has 0 spiro atoms. The Balaban J connectivity index is 3.68. The molecule has 0 aliphatic carbocycles. The molecule has 100 valence electrons. The summed E-state index contributed by atoms with van der Waals surface area (Å²) in [4.78, 5) is 22.3. The van der Waals surface area contributed by atoms with E-state index in [0.29, 0.717) is 13.0 Å². The predicted molar refractivity (Wildman–Crippen MR) is 61.1 cm³/mol. The van der Waals surface area contributed by atoms with Gasteiger partial charge in [-0.1, -0.05) is 0 Å². The average molecular weight is 247 g/mol. The van der Waals surface area contributed by atoms with Gasteiger partial charge in [0.25, 0.3) is 0 Å². The van der Waals surface area contributed by atoms with E-state index in [0.717, 1.165) is 0 Å². The summed E-state index contributed by atoms with van der Waals surface area (Å²) in [5, 5.41) is 8.95. The van der Waals surface area contributed by atoms with Gasteiger partial charge in [-0.25, -0.2) is 0 Å². The number of esters is 2. The second-order valence-electron chi connectivity index (χ2n) is 3.93. The monoisotopic (exact) mass is 247 g/mol.